The number of nitrogens with one attached hydrogen (secondary N) is 1. The Morgan fingerprint density at radius 2 is 1.46 bits per heavy atom. The lowest BCUT2D eigenvalue weighted by Crippen LogP contribution is -2.52. The number of hydrogen-bond acceptors (Lipinski definition) is 2. The Bertz CT molecular complexity index is 1170. The van der Waals surface area contributed by atoms with E-state index in [2.05, 4.69) is 17.4 Å². The second-order valence-electron chi connectivity index (χ2n) is 9.43. The van der Waals surface area contributed by atoms with Gasteiger partial charge in [-0.25, -0.2) is 0 Å². The van der Waals surface area contributed by atoms with Gasteiger partial charge in [0.1, 0.15) is 6.04 Å². The minimum absolute atomic E-state index is 0.0169. The summed E-state index contributed by atoms with van der Waals surface area (Å²) in [4.78, 5) is 28.4. The van der Waals surface area contributed by atoms with Crippen LogP contribution in [-0.2, 0) is 4.79 Å². The van der Waals surface area contributed by atoms with Gasteiger partial charge < -0.3 is 10.2 Å². The van der Waals surface area contributed by atoms with Crippen LogP contribution < -0.4 is 5.32 Å². The van der Waals surface area contributed by atoms with Crippen LogP contribution >= 0.6 is 23.2 Å². The number of nitrogens with zero attached hydrogens (tertiary/aromatic N) is 1. The quantitative estimate of drug-likeness (QED) is 0.396. The molecule has 1 saturated heterocycles. The Morgan fingerprint density at radius 1 is 0.857 bits per heavy atom. The Hall–Kier alpha value is -2.82. The summed E-state index contributed by atoms with van der Waals surface area (Å²) >= 11 is 12.0. The molecule has 0 bridgehead atoms. The Labute approximate surface area is 217 Å². The highest BCUT2D eigenvalue weighted by molar-refractivity contribution is 6.30. The van der Waals surface area contributed by atoms with Gasteiger partial charge in [-0.05, 0) is 77.8 Å². The molecule has 3 aromatic carbocycles. The first kappa shape index (κ1) is 25.3. The number of rotatable bonds is 6. The predicted molar refractivity (Wildman–Crippen MR) is 143 cm³/mol. The molecular weight excluding hydrogens is 479 g/mol. The van der Waals surface area contributed by atoms with Crippen molar-refractivity contribution >= 4 is 35.0 Å². The number of benzene rings is 3. The van der Waals surface area contributed by atoms with E-state index >= 15 is 0 Å². The Kier molecular flexibility index (Phi) is 8.15. The lowest BCUT2D eigenvalue weighted by molar-refractivity contribution is -0.135. The van der Waals surface area contributed by atoms with Crippen molar-refractivity contribution in [1.82, 2.24) is 10.2 Å². The van der Waals surface area contributed by atoms with Crippen molar-refractivity contribution < 1.29 is 9.59 Å². The Morgan fingerprint density at radius 3 is 2.06 bits per heavy atom. The van der Waals surface area contributed by atoms with Crippen LogP contribution in [0.4, 0.5) is 0 Å². The van der Waals surface area contributed by atoms with E-state index in [4.69, 9.17) is 23.2 Å². The molecule has 3 aromatic rings. The van der Waals surface area contributed by atoms with Gasteiger partial charge in [0.15, 0.2) is 0 Å². The van der Waals surface area contributed by atoms with Gasteiger partial charge in [-0.15, -0.1) is 0 Å². The summed E-state index contributed by atoms with van der Waals surface area (Å²) in [6.07, 6.45) is 1.80. The summed E-state index contributed by atoms with van der Waals surface area (Å²) in [7, 11) is 0. The highest BCUT2D eigenvalue weighted by Gasteiger charge is 2.31. The van der Waals surface area contributed by atoms with Crippen LogP contribution in [0.1, 0.15) is 48.5 Å². The number of amides is 2. The zero-order valence-corrected chi connectivity index (χ0v) is 21.5. The van der Waals surface area contributed by atoms with Crippen molar-refractivity contribution in [2.24, 2.45) is 5.92 Å². The molecule has 1 aliphatic heterocycles. The Balaban J connectivity index is 1.41. The molecule has 0 unspecified atom stereocenters. The molecule has 0 aliphatic carbocycles. The third kappa shape index (κ3) is 6.25. The fourth-order valence-corrected chi connectivity index (χ4v) is 4.84. The van der Waals surface area contributed by atoms with Gasteiger partial charge in [0.25, 0.3) is 5.91 Å². The van der Waals surface area contributed by atoms with Gasteiger partial charge in [0.05, 0.1) is 0 Å². The largest absolute Gasteiger partial charge is 0.341 e. The molecule has 4 nitrogen and oxygen atoms in total. The molecule has 1 aliphatic rings. The van der Waals surface area contributed by atoms with Crippen molar-refractivity contribution in [3.63, 3.8) is 0 Å². The predicted octanol–water partition coefficient (Wildman–Crippen LogP) is 6.82. The molecular formula is C29H30Cl2N2O2. The SMILES string of the molecule is CC(C)[C@@H](NC(=O)c1cccc(-c2ccc(Cl)cc2)c1)C(=O)N1CCC(c2ccc(Cl)cc2)CC1. The number of hydrogen-bond donors (Lipinski definition) is 1. The monoisotopic (exact) mass is 508 g/mol. The van der Waals surface area contributed by atoms with Gasteiger partial charge in [-0.2, -0.15) is 0 Å². The number of halogens is 2. The maximum absolute atomic E-state index is 13.4. The van der Waals surface area contributed by atoms with Crippen LogP contribution in [0.15, 0.2) is 72.8 Å². The van der Waals surface area contributed by atoms with E-state index in [1.54, 1.807) is 6.07 Å². The maximum Gasteiger partial charge on any atom is 0.251 e. The lowest BCUT2D eigenvalue weighted by Gasteiger charge is -2.35. The molecule has 2 amide bonds. The lowest BCUT2D eigenvalue weighted by atomic mass is 9.89. The van der Waals surface area contributed by atoms with E-state index < -0.39 is 6.04 Å². The summed E-state index contributed by atoms with van der Waals surface area (Å²) in [5, 5.41) is 4.40. The van der Waals surface area contributed by atoms with E-state index in [0.29, 0.717) is 29.6 Å². The molecule has 0 spiro atoms. The first-order valence-electron chi connectivity index (χ1n) is 12.0. The van der Waals surface area contributed by atoms with Crippen molar-refractivity contribution in [2.75, 3.05) is 13.1 Å². The molecule has 0 aromatic heterocycles. The average Bonchev–Trinajstić information content (AvgIpc) is 2.87. The third-order valence-corrected chi connectivity index (χ3v) is 7.17. The van der Waals surface area contributed by atoms with Gasteiger partial charge in [0.2, 0.25) is 5.91 Å². The number of carbonyl (C=O) groups excluding carboxylic acids is 2. The van der Waals surface area contributed by atoms with Crippen LogP contribution in [0.3, 0.4) is 0 Å². The first-order chi connectivity index (χ1) is 16.8. The maximum atomic E-state index is 13.4. The third-order valence-electron chi connectivity index (χ3n) is 6.67. The minimum Gasteiger partial charge on any atom is -0.341 e. The van der Waals surface area contributed by atoms with E-state index in [1.165, 1.54) is 5.56 Å². The molecule has 1 N–H and O–H groups in total. The van der Waals surface area contributed by atoms with Crippen molar-refractivity contribution in [3.8, 4) is 11.1 Å². The average molecular weight is 509 g/mol. The molecule has 0 radical (unpaired) electrons. The molecule has 182 valence electrons. The number of likely N-dealkylation sites (tertiary alicyclic amines) is 1. The van der Waals surface area contributed by atoms with E-state index in [-0.39, 0.29) is 17.7 Å². The van der Waals surface area contributed by atoms with E-state index in [0.717, 1.165) is 29.0 Å². The molecule has 6 heteroatoms. The van der Waals surface area contributed by atoms with Crippen LogP contribution in [-0.4, -0.2) is 35.8 Å². The standard InChI is InChI=1S/C29H30Cl2N2O2/c1-19(2)27(29(35)33-16-14-22(15-17-33)20-6-10-25(30)11-7-20)32-28(34)24-5-3-4-23(18-24)21-8-12-26(31)13-9-21/h3-13,18-19,22,27H,14-17H2,1-2H3,(H,32,34)/t27-/m1/s1. The first-order valence-corrected chi connectivity index (χ1v) is 12.8. The van der Waals surface area contributed by atoms with E-state index in [1.807, 2.05) is 73.3 Å². The summed E-state index contributed by atoms with van der Waals surface area (Å²) < 4.78 is 0. The smallest absolute Gasteiger partial charge is 0.251 e. The summed E-state index contributed by atoms with van der Waals surface area (Å²) in [5.74, 6) is 0.125. The summed E-state index contributed by atoms with van der Waals surface area (Å²) in [6.45, 7) is 5.29. The van der Waals surface area contributed by atoms with Crippen molar-refractivity contribution in [2.45, 2.75) is 38.6 Å². The van der Waals surface area contributed by atoms with Gasteiger partial charge in [-0.1, -0.05) is 73.4 Å². The number of carbonyl (C=O) groups is 2. The van der Waals surface area contributed by atoms with Crippen LogP contribution in [0.5, 0.6) is 0 Å². The second-order valence-corrected chi connectivity index (χ2v) is 10.3. The van der Waals surface area contributed by atoms with E-state index in [9.17, 15) is 9.59 Å². The minimum atomic E-state index is -0.575. The van der Waals surface area contributed by atoms with Crippen molar-refractivity contribution in [1.29, 1.82) is 0 Å². The van der Waals surface area contributed by atoms with Crippen LogP contribution in [0, 0.1) is 5.92 Å². The van der Waals surface area contributed by atoms with Crippen LogP contribution in [0.2, 0.25) is 10.0 Å². The zero-order chi connectivity index (χ0) is 24.9. The van der Waals surface area contributed by atoms with Gasteiger partial charge in [-0.3, -0.25) is 9.59 Å². The molecule has 1 fully saturated rings. The van der Waals surface area contributed by atoms with Gasteiger partial charge in [0, 0.05) is 28.7 Å². The summed E-state index contributed by atoms with van der Waals surface area (Å²) in [5.41, 5.74) is 3.68. The van der Waals surface area contributed by atoms with Gasteiger partial charge >= 0.3 is 0 Å². The normalized spacial score (nSPS) is 15.2. The zero-order valence-electron chi connectivity index (χ0n) is 20.0. The highest BCUT2D eigenvalue weighted by Crippen LogP contribution is 2.29. The fraction of sp³-hybridized carbons (Fsp3) is 0.310. The molecule has 1 heterocycles. The topological polar surface area (TPSA) is 49.4 Å². The van der Waals surface area contributed by atoms with Crippen molar-refractivity contribution in [3.05, 3.63) is 94.0 Å². The molecule has 35 heavy (non-hydrogen) atoms. The molecule has 0 saturated carbocycles. The molecule has 4 rings (SSSR count). The number of piperidine rings is 1. The summed E-state index contributed by atoms with van der Waals surface area (Å²) in [6, 6.07) is 22.3. The fourth-order valence-electron chi connectivity index (χ4n) is 4.59. The highest BCUT2D eigenvalue weighted by atomic mass is 35.5. The second kappa shape index (κ2) is 11.3. The van der Waals surface area contributed by atoms with Crippen LogP contribution in [0.25, 0.3) is 11.1 Å². The molecule has 1 atom stereocenters.